The van der Waals surface area contributed by atoms with Gasteiger partial charge in [-0.2, -0.15) is 4.52 Å². The zero-order valence-corrected chi connectivity index (χ0v) is 16.9. The van der Waals surface area contributed by atoms with Crippen LogP contribution in [-0.4, -0.2) is 56.6 Å². The number of fused-ring (bicyclic) bond motifs is 1. The molecular formula is C22H28N6O. The third-order valence-electron chi connectivity index (χ3n) is 5.88. The summed E-state index contributed by atoms with van der Waals surface area (Å²) in [7, 11) is 0. The number of hydrogen-bond acceptors (Lipinski definition) is 6. The van der Waals surface area contributed by atoms with Crippen molar-refractivity contribution in [3.05, 3.63) is 53.9 Å². The first-order chi connectivity index (χ1) is 14.3. The molecule has 1 aliphatic carbocycles. The molecule has 0 amide bonds. The van der Waals surface area contributed by atoms with Crippen molar-refractivity contribution in [2.75, 3.05) is 25.0 Å². The van der Waals surface area contributed by atoms with Crippen molar-refractivity contribution in [3.8, 4) is 0 Å². The van der Waals surface area contributed by atoms with Gasteiger partial charge in [0.15, 0.2) is 11.5 Å². The Morgan fingerprint density at radius 1 is 1.14 bits per heavy atom. The van der Waals surface area contributed by atoms with E-state index in [1.807, 2.05) is 16.6 Å². The fourth-order valence-corrected chi connectivity index (χ4v) is 4.09. The molecule has 3 heterocycles. The SMILES string of the molecule is CCC(Nc1ccc2nnc(C3CC3)n2n1)C1CN(Cc2ccccc2)CCO1. The maximum absolute atomic E-state index is 6.15. The highest BCUT2D eigenvalue weighted by Crippen LogP contribution is 2.38. The topological polar surface area (TPSA) is 67.6 Å². The number of benzene rings is 1. The number of nitrogens with zero attached hydrogens (tertiary/aromatic N) is 5. The molecule has 152 valence electrons. The molecule has 7 nitrogen and oxygen atoms in total. The quantitative estimate of drug-likeness (QED) is 0.666. The van der Waals surface area contributed by atoms with Gasteiger partial charge in [0.2, 0.25) is 0 Å². The molecule has 0 radical (unpaired) electrons. The standard InChI is InChI=1S/C22H28N6O/c1-2-18(19-15-27(12-13-29-19)14-16-6-4-3-5-7-16)23-20-10-11-21-24-25-22(17-8-9-17)28(21)26-20/h3-7,10-11,17-19H,2,8-9,12-15H2,1H3,(H,23,26). The number of anilines is 1. The van der Waals surface area contributed by atoms with Gasteiger partial charge in [-0.1, -0.05) is 37.3 Å². The molecule has 1 aliphatic heterocycles. The molecule has 1 N–H and O–H groups in total. The molecule has 5 rings (SSSR count). The van der Waals surface area contributed by atoms with E-state index in [1.54, 1.807) is 0 Å². The van der Waals surface area contributed by atoms with Gasteiger partial charge in [0.25, 0.3) is 0 Å². The van der Waals surface area contributed by atoms with Crippen molar-refractivity contribution < 1.29 is 4.74 Å². The Labute approximate surface area is 171 Å². The molecule has 0 spiro atoms. The van der Waals surface area contributed by atoms with Crippen molar-refractivity contribution in [2.24, 2.45) is 0 Å². The average molecular weight is 393 g/mol. The summed E-state index contributed by atoms with van der Waals surface area (Å²) in [4.78, 5) is 2.48. The van der Waals surface area contributed by atoms with E-state index in [2.05, 4.69) is 57.7 Å². The van der Waals surface area contributed by atoms with Crippen molar-refractivity contribution in [2.45, 2.75) is 50.8 Å². The number of rotatable bonds is 7. The molecule has 1 saturated carbocycles. The Morgan fingerprint density at radius 3 is 2.79 bits per heavy atom. The van der Waals surface area contributed by atoms with E-state index < -0.39 is 0 Å². The lowest BCUT2D eigenvalue weighted by Gasteiger charge is -2.37. The van der Waals surface area contributed by atoms with Crippen LogP contribution in [0.25, 0.3) is 5.65 Å². The van der Waals surface area contributed by atoms with Gasteiger partial charge in [-0.05, 0) is 37.0 Å². The van der Waals surface area contributed by atoms with Crippen LogP contribution >= 0.6 is 0 Å². The third-order valence-corrected chi connectivity index (χ3v) is 5.88. The predicted octanol–water partition coefficient (Wildman–Crippen LogP) is 3.09. The number of nitrogens with one attached hydrogen (secondary N) is 1. The minimum atomic E-state index is 0.138. The lowest BCUT2D eigenvalue weighted by molar-refractivity contribution is -0.0403. The van der Waals surface area contributed by atoms with Crippen LogP contribution in [0.4, 0.5) is 5.82 Å². The van der Waals surface area contributed by atoms with Crippen LogP contribution in [0.1, 0.15) is 43.5 Å². The Kier molecular flexibility index (Phi) is 5.16. The van der Waals surface area contributed by atoms with E-state index in [0.717, 1.165) is 50.0 Å². The summed E-state index contributed by atoms with van der Waals surface area (Å²) < 4.78 is 8.05. The second-order valence-electron chi connectivity index (χ2n) is 8.11. The van der Waals surface area contributed by atoms with E-state index in [0.29, 0.717) is 5.92 Å². The van der Waals surface area contributed by atoms with E-state index in [-0.39, 0.29) is 12.1 Å². The first-order valence-electron chi connectivity index (χ1n) is 10.7. The zero-order valence-electron chi connectivity index (χ0n) is 16.9. The van der Waals surface area contributed by atoms with Crippen molar-refractivity contribution in [1.29, 1.82) is 0 Å². The molecule has 1 aromatic carbocycles. The lowest BCUT2D eigenvalue weighted by atomic mass is 10.1. The highest BCUT2D eigenvalue weighted by molar-refractivity contribution is 5.45. The average Bonchev–Trinajstić information content (AvgIpc) is 3.52. The summed E-state index contributed by atoms with van der Waals surface area (Å²) in [6, 6.07) is 14.8. The van der Waals surface area contributed by atoms with Gasteiger partial charge in [-0.25, -0.2) is 0 Å². The van der Waals surface area contributed by atoms with Gasteiger partial charge < -0.3 is 10.1 Å². The predicted molar refractivity (Wildman–Crippen MR) is 112 cm³/mol. The summed E-state index contributed by atoms with van der Waals surface area (Å²) >= 11 is 0. The van der Waals surface area contributed by atoms with Crippen molar-refractivity contribution >= 4 is 11.5 Å². The molecule has 2 fully saturated rings. The molecular weight excluding hydrogens is 364 g/mol. The molecule has 2 aliphatic rings. The normalized spacial score (nSPS) is 21.3. The highest BCUT2D eigenvalue weighted by Gasteiger charge is 2.30. The minimum Gasteiger partial charge on any atom is -0.373 e. The molecule has 29 heavy (non-hydrogen) atoms. The number of hydrogen-bond donors (Lipinski definition) is 1. The molecule has 3 aromatic rings. The summed E-state index contributed by atoms with van der Waals surface area (Å²) in [5.74, 6) is 2.36. The van der Waals surface area contributed by atoms with Crippen LogP contribution in [0.5, 0.6) is 0 Å². The van der Waals surface area contributed by atoms with E-state index in [1.165, 1.54) is 18.4 Å². The third kappa shape index (κ3) is 4.11. The first kappa shape index (κ1) is 18.5. The molecule has 2 aromatic heterocycles. The van der Waals surface area contributed by atoms with Gasteiger partial charge in [0, 0.05) is 25.6 Å². The van der Waals surface area contributed by atoms with Crippen LogP contribution in [0.3, 0.4) is 0 Å². The maximum atomic E-state index is 6.15. The second-order valence-corrected chi connectivity index (χ2v) is 8.11. The zero-order chi connectivity index (χ0) is 19.6. The van der Waals surface area contributed by atoms with Gasteiger partial charge in [-0.15, -0.1) is 15.3 Å². The largest absolute Gasteiger partial charge is 0.373 e. The number of aromatic nitrogens is 4. The Bertz CT molecular complexity index is 954. The summed E-state index contributed by atoms with van der Waals surface area (Å²) in [6.45, 7) is 5.82. The van der Waals surface area contributed by atoms with Crippen LogP contribution in [0.15, 0.2) is 42.5 Å². The van der Waals surface area contributed by atoms with Crippen molar-refractivity contribution in [3.63, 3.8) is 0 Å². The van der Waals surface area contributed by atoms with Gasteiger partial charge in [-0.3, -0.25) is 4.90 Å². The number of ether oxygens (including phenoxy) is 1. The van der Waals surface area contributed by atoms with E-state index in [4.69, 9.17) is 9.84 Å². The van der Waals surface area contributed by atoms with Crippen LogP contribution in [-0.2, 0) is 11.3 Å². The number of morpholine rings is 1. The summed E-state index contributed by atoms with van der Waals surface area (Å²) in [5.41, 5.74) is 2.16. The Hall–Kier alpha value is -2.51. The molecule has 2 atom stereocenters. The minimum absolute atomic E-state index is 0.138. The van der Waals surface area contributed by atoms with Crippen LogP contribution < -0.4 is 5.32 Å². The van der Waals surface area contributed by atoms with Crippen LogP contribution in [0, 0.1) is 0 Å². The fraction of sp³-hybridized carbons (Fsp3) is 0.500. The van der Waals surface area contributed by atoms with Gasteiger partial charge in [0.1, 0.15) is 5.82 Å². The van der Waals surface area contributed by atoms with Gasteiger partial charge in [0.05, 0.1) is 18.8 Å². The Balaban J connectivity index is 1.28. The monoisotopic (exact) mass is 392 g/mol. The smallest absolute Gasteiger partial charge is 0.178 e. The van der Waals surface area contributed by atoms with E-state index >= 15 is 0 Å². The molecule has 1 saturated heterocycles. The maximum Gasteiger partial charge on any atom is 0.178 e. The second kappa shape index (κ2) is 8.08. The van der Waals surface area contributed by atoms with Gasteiger partial charge >= 0.3 is 0 Å². The summed E-state index contributed by atoms with van der Waals surface area (Å²) in [6.07, 6.45) is 3.48. The Morgan fingerprint density at radius 2 is 2.00 bits per heavy atom. The fourth-order valence-electron chi connectivity index (χ4n) is 4.09. The molecule has 0 bridgehead atoms. The van der Waals surface area contributed by atoms with E-state index in [9.17, 15) is 0 Å². The molecule has 7 heteroatoms. The first-order valence-corrected chi connectivity index (χ1v) is 10.7. The molecule has 2 unspecified atom stereocenters. The van der Waals surface area contributed by atoms with Crippen LogP contribution in [0.2, 0.25) is 0 Å². The highest BCUT2D eigenvalue weighted by atomic mass is 16.5. The summed E-state index contributed by atoms with van der Waals surface area (Å²) in [5, 5.41) is 17.0. The lowest BCUT2D eigenvalue weighted by Crippen LogP contribution is -2.49. The van der Waals surface area contributed by atoms with Crippen molar-refractivity contribution in [1.82, 2.24) is 24.7 Å².